The number of anilines is 1. The van der Waals surface area contributed by atoms with Gasteiger partial charge in [0.25, 0.3) is 0 Å². The van der Waals surface area contributed by atoms with Crippen LogP contribution < -0.4 is 10.2 Å². The van der Waals surface area contributed by atoms with E-state index in [0.29, 0.717) is 6.42 Å². The number of carbonyl (C=O) groups is 2. The minimum atomic E-state index is -0.570. The number of nitrogens with zero attached hydrogens (tertiary/aromatic N) is 2. The molecule has 6 heteroatoms. The van der Waals surface area contributed by atoms with Crippen molar-refractivity contribution in [3.8, 4) is 0 Å². The SMILES string of the molecule is O=C1CN(c2ccccc2)C(=O)[C@@H](Cc2c[nH]cn2)N1. The molecule has 0 radical (unpaired) electrons. The molecular formula is C14H14N4O2. The molecule has 1 fully saturated rings. The van der Waals surface area contributed by atoms with Crippen LogP contribution in [0.25, 0.3) is 0 Å². The van der Waals surface area contributed by atoms with Crippen LogP contribution >= 0.6 is 0 Å². The average Bonchev–Trinajstić information content (AvgIpc) is 2.96. The molecule has 1 aromatic carbocycles. The highest BCUT2D eigenvalue weighted by Crippen LogP contribution is 2.17. The van der Waals surface area contributed by atoms with Crippen LogP contribution in [0.5, 0.6) is 0 Å². The van der Waals surface area contributed by atoms with Gasteiger partial charge in [-0.2, -0.15) is 0 Å². The first-order chi connectivity index (χ1) is 9.74. The third-order valence-corrected chi connectivity index (χ3v) is 3.24. The van der Waals surface area contributed by atoms with E-state index in [1.54, 1.807) is 12.5 Å². The molecule has 1 aliphatic rings. The first-order valence-corrected chi connectivity index (χ1v) is 6.37. The minimum absolute atomic E-state index is 0.0555. The Morgan fingerprint density at radius 3 is 2.75 bits per heavy atom. The Bertz CT molecular complexity index is 609. The normalized spacial score (nSPS) is 19.0. The summed E-state index contributed by atoms with van der Waals surface area (Å²) in [5.41, 5.74) is 1.48. The van der Waals surface area contributed by atoms with Gasteiger partial charge >= 0.3 is 0 Å². The summed E-state index contributed by atoms with van der Waals surface area (Å²) in [5, 5.41) is 2.72. The van der Waals surface area contributed by atoms with Gasteiger partial charge in [-0.3, -0.25) is 9.59 Å². The van der Waals surface area contributed by atoms with Gasteiger partial charge in [-0.1, -0.05) is 18.2 Å². The van der Waals surface area contributed by atoms with Gasteiger partial charge in [-0.05, 0) is 12.1 Å². The molecular weight excluding hydrogens is 256 g/mol. The number of para-hydroxylation sites is 1. The highest BCUT2D eigenvalue weighted by Gasteiger charge is 2.33. The largest absolute Gasteiger partial charge is 0.351 e. The van der Waals surface area contributed by atoms with Crippen LogP contribution in [0.15, 0.2) is 42.9 Å². The number of nitrogens with one attached hydrogen (secondary N) is 2. The number of H-pyrrole nitrogens is 1. The molecule has 0 unspecified atom stereocenters. The molecule has 2 aromatic rings. The van der Waals surface area contributed by atoms with Crippen LogP contribution in [0.1, 0.15) is 5.69 Å². The van der Waals surface area contributed by atoms with E-state index in [-0.39, 0.29) is 18.4 Å². The van der Waals surface area contributed by atoms with Crippen LogP contribution in [-0.2, 0) is 16.0 Å². The first kappa shape index (κ1) is 12.4. The third kappa shape index (κ3) is 2.40. The van der Waals surface area contributed by atoms with E-state index in [2.05, 4.69) is 15.3 Å². The monoisotopic (exact) mass is 270 g/mol. The van der Waals surface area contributed by atoms with Gasteiger partial charge in [0.15, 0.2) is 0 Å². The Labute approximate surface area is 115 Å². The van der Waals surface area contributed by atoms with E-state index in [4.69, 9.17) is 0 Å². The van der Waals surface area contributed by atoms with Gasteiger partial charge < -0.3 is 15.2 Å². The van der Waals surface area contributed by atoms with Crippen LogP contribution in [0.2, 0.25) is 0 Å². The molecule has 0 aliphatic carbocycles. The third-order valence-electron chi connectivity index (χ3n) is 3.24. The van der Waals surface area contributed by atoms with Crippen LogP contribution in [0, 0.1) is 0 Å². The molecule has 2 N–H and O–H groups in total. The second kappa shape index (κ2) is 5.16. The average molecular weight is 270 g/mol. The van der Waals surface area contributed by atoms with Crippen molar-refractivity contribution >= 4 is 17.5 Å². The van der Waals surface area contributed by atoms with E-state index in [0.717, 1.165) is 11.4 Å². The molecule has 102 valence electrons. The number of benzene rings is 1. The molecule has 0 spiro atoms. The number of piperazine rings is 1. The van der Waals surface area contributed by atoms with Crippen molar-refractivity contribution in [1.29, 1.82) is 0 Å². The second-order valence-electron chi connectivity index (χ2n) is 4.64. The molecule has 1 saturated heterocycles. The summed E-state index contributed by atoms with van der Waals surface area (Å²) in [6.45, 7) is 0.0555. The lowest BCUT2D eigenvalue weighted by molar-refractivity contribution is -0.131. The highest BCUT2D eigenvalue weighted by molar-refractivity contribution is 6.06. The van der Waals surface area contributed by atoms with Gasteiger partial charge in [-0.15, -0.1) is 0 Å². The van der Waals surface area contributed by atoms with Crippen molar-refractivity contribution in [2.45, 2.75) is 12.5 Å². The molecule has 1 atom stereocenters. The summed E-state index contributed by atoms with van der Waals surface area (Å²) in [4.78, 5) is 32.7. The molecule has 0 saturated carbocycles. The Morgan fingerprint density at radius 2 is 2.05 bits per heavy atom. The number of imidazole rings is 1. The summed E-state index contributed by atoms with van der Waals surface area (Å²) < 4.78 is 0. The summed E-state index contributed by atoms with van der Waals surface area (Å²) in [6.07, 6.45) is 3.66. The predicted octanol–water partition coefficient (Wildman–Crippen LogP) is 0.484. The zero-order valence-electron chi connectivity index (χ0n) is 10.7. The minimum Gasteiger partial charge on any atom is -0.351 e. The lowest BCUT2D eigenvalue weighted by atomic mass is 10.1. The Kier molecular flexibility index (Phi) is 3.20. The number of aromatic nitrogens is 2. The Hall–Kier alpha value is -2.63. The summed E-state index contributed by atoms with van der Waals surface area (Å²) in [6, 6.07) is 8.64. The zero-order chi connectivity index (χ0) is 13.9. The van der Waals surface area contributed by atoms with E-state index in [9.17, 15) is 9.59 Å². The van der Waals surface area contributed by atoms with Gasteiger partial charge in [0.05, 0.1) is 12.0 Å². The molecule has 3 rings (SSSR count). The van der Waals surface area contributed by atoms with Crippen molar-refractivity contribution in [1.82, 2.24) is 15.3 Å². The quantitative estimate of drug-likeness (QED) is 0.851. The van der Waals surface area contributed by atoms with Crippen LogP contribution in [-0.4, -0.2) is 34.4 Å². The van der Waals surface area contributed by atoms with Gasteiger partial charge in [0.1, 0.15) is 12.6 Å². The molecule has 1 aliphatic heterocycles. The summed E-state index contributed by atoms with van der Waals surface area (Å²) in [5.74, 6) is -0.271. The lowest BCUT2D eigenvalue weighted by Gasteiger charge is -2.32. The number of hydrogen-bond acceptors (Lipinski definition) is 3. The van der Waals surface area contributed by atoms with Crippen molar-refractivity contribution < 1.29 is 9.59 Å². The fraction of sp³-hybridized carbons (Fsp3) is 0.214. The van der Waals surface area contributed by atoms with Gasteiger partial charge in [0, 0.05) is 18.3 Å². The summed E-state index contributed by atoms with van der Waals surface area (Å²) >= 11 is 0. The van der Waals surface area contributed by atoms with Crippen LogP contribution in [0.3, 0.4) is 0 Å². The first-order valence-electron chi connectivity index (χ1n) is 6.37. The molecule has 1 aromatic heterocycles. The maximum Gasteiger partial charge on any atom is 0.250 e. The van der Waals surface area contributed by atoms with Gasteiger partial charge in [0.2, 0.25) is 11.8 Å². The highest BCUT2D eigenvalue weighted by atomic mass is 16.2. The summed E-state index contributed by atoms with van der Waals surface area (Å²) in [7, 11) is 0. The fourth-order valence-corrected chi connectivity index (χ4v) is 2.29. The zero-order valence-corrected chi connectivity index (χ0v) is 10.7. The van der Waals surface area contributed by atoms with Gasteiger partial charge in [-0.25, -0.2) is 4.98 Å². The number of hydrogen-bond donors (Lipinski definition) is 2. The molecule has 2 amide bonds. The second-order valence-corrected chi connectivity index (χ2v) is 4.64. The topological polar surface area (TPSA) is 78.1 Å². The fourth-order valence-electron chi connectivity index (χ4n) is 2.29. The van der Waals surface area contributed by atoms with Crippen molar-refractivity contribution in [2.24, 2.45) is 0 Å². The molecule has 20 heavy (non-hydrogen) atoms. The van der Waals surface area contributed by atoms with E-state index in [1.165, 1.54) is 4.90 Å². The van der Waals surface area contributed by atoms with E-state index >= 15 is 0 Å². The van der Waals surface area contributed by atoms with E-state index in [1.807, 2.05) is 30.3 Å². The number of carbonyl (C=O) groups excluding carboxylic acids is 2. The number of aromatic amines is 1. The maximum absolute atomic E-state index is 12.5. The Morgan fingerprint density at radius 1 is 1.25 bits per heavy atom. The van der Waals surface area contributed by atoms with E-state index < -0.39 is 6.04 Å². The predicted molar refractivity (Wildman–Crippen MR) is 73.0 cm³/mol. The maximum atomic E-state index is 12.5. The number of amides is 2. The van der Waals surface area contributed by atoms with Crippen molar-refractivity contribution in [3.63, 3.8) is 0 Å². The van der Waals surface area contributed by atoms with Crippen molar-refractivity contribution in [3.05, 3.63) is 48.5 Å². The molecule has 6 nitrogen and oxygen atoms in total. The molecule has 0 bridgehead atoms. The smallest absolute Gasteiger partial charge is 0.250 e. The Balaban J connectivity index is 1.82. The number of rotatable bonds is 3. The van der Waals surface area contributed by atoms with Crippen LogP contribution in [0.4, 0.5) is 5.69 Å². The standard InChI is InChI=1S/C14H14N4O2/c19-13-8-18(11-4-2-1-3-5-11)14(20)12(17-13)6-10-7-15-9-16-10/h1-5,7,9,12H,6,8H2,(H,15,16)(H,17,19)/t12-/m1/s1. The lowest BCUT2D eigenvalue weighted by Crippen LogP contribution is -2.59. The van der Waals surface area contributed by atoms with Crippen molar-refractivity contribution in [2.75, 3.05) is 11.4 Å². The molecule has 2 heterocycles.